The normalized spacial score (nSPS) is 10.7. The monoisotopic (exact) mass is 409 g/mol. The minimum absolute atomic E-state index is 0.0720. The Bertz CT molecular complexity index is 932. The van der Waals surface area contributed by atoms with Gasteiger partial charge in [0.25, 0.3) is 0 Å². The van der Waals surface area contributed by atoms with Crippen molar-refractivity contribution in [2.24, 2.45) is 0 Å². The second kappa shape index (κ2) is 10.1. The molecule has 7 heteroatoms. The number of rotatable bonds is 9. The van der Waals surface area contributed by atoms with E-state index in [1.54, 1.807) is 11.3 Å². The zero-order valence-corrected chi connectivity index (χ0v) is 18.0. The molecule has 2 heterocycles. The second-order valence-corrected chi connectivity index (χ2v) is 8.12. The molecule has 0 saturated heterocycles. The summed E-state index contributed by atoms with van der Waals surface area (Å²) in [6, 6.07) is 10.3. The van der Waals surface area contributed by atoms with Gasteiger partial charge in [0, 0.05) is 41.8 Å². The van der Waals surface area contributed by atoms with E-state index in [1.165, 1.54) is 5.56 Å². The average molecular weight is 410 g/mol. The van der Waals surface area contributed by atoms with Gasteiger partial charge < -0.3 is 10.6 Å². The first-order valence-electron chi connectivity index (χ1n) is 9.84. The first-order valence-corrected chi connectivity index (χ1v) is 10.7. The number of nitrogens with one attached hydrogen (secondary N) is 2. The highest BCUT2D eigenvalue weighted by atomic mass is 32.1. The molecule has 0 unspecified atom stereocenters. The molecule has 0 fully saturated rings. The van der Waals surface area contributed by atoms with Crippen LogP contribution in [0.15, 0.2) is 35.7 Å². The lowest BCUT2D eigenvalue weighted by Gasteiger charge is -2.08. The van der Waals surface area contributed by atoms with Crippen LogP contribution in [-0.2, 0) is 11.2 Å². The zero-order chi connectivity index (χ0) is 20.6. The summed E-state index contributed by atoms with van der Waals surface area (Å²) < 4.78 is 0. The van der Waals surface area contributed by atoms with Crippen LogP contribution in [0.5, 0.6) is 0 Å². The van der Waals surface area contributed by atoms with Gasteiger partial charge in [-0.15, -0.1) is 11.3 Å². The summed E-state index contributed by atoms with van der Waals surface area (Å²) in [7, 11) is 0. The molecular weight excluding hydrogens is 382 g/mol. The van der Waals surface area contributed by atoms with Crippen LogP contribution < -0.4 is 10.6 Å². The molecule has 3 rings (SSSR count). The van der Waals surface area contributed by atoms with E-state index in [9.17, 15) is 4.79 Å². The molecule has 2 aromatic heterocycles. The molecule has 0 aliphatic rings. The van der Waals surface area contributed by atoms with Gasteiger partial charge in [0.2, 0.25) is 11.9 Å². The molecule has 152 valence electrons. The van der Waals surface area contributed by atoms with Gasteiger partial charge in [-0.3, -0.25) is 4.79 Å². The molecule has 0 aliphatic heterocycles. The first-order chi connectivity index (χ1) is 14.0. The number of carbonyl (C=O) groups is 1. The number of hydrogen-bond donors (Lipinski definition) is 2. The molecule has 0 saturated carbocycles. The van der Waals surface area contributed by atoms with Gasteiger partial charge in [0.05, 0.1) is 10.7 Å². The lowest BCUT2D eigenvalue weighted by Crippen LogP contribution is -2.26. The molecule has 0 atom stereocenters. The number of nitrogens with zero attached hydrogens (tertiary/aromatic N) is 3. The van der Waals surface area contributed by atoms with Crippen LogP contribution in [0.2, 0.25) is 0 Å². The summed E-state index contributed by atoms with van der Waals surface area (Å²) in [6.45, 7) is 7.22. The fraction of sp³-hybridized carbons (Fsp3) is 0.364. The molecule has 1 aromatic carbocycles. The Hall–Kier alpha value is -2.80. The minimum Gasteiger partial charge on any atom is -0.356 e. The van der Waals surface area contributed by atoms with Crippen LogP contribution in [0.3, 0.4) is 0 Å². The standard InChI is InChI=1S/C22H27N5OS/c1-15-13-16(2)26-22(25-15)24-11-4-5-21(28)23-12-10-18-6-8-19(9-7-18)20-14-29-17(3)27-20/h6-9,13-14H,4-5,10-12H2,1-3H3,(H,23,28)(H,24,25,26). The van der Waals surface area contributed by atoms with Crippen LogP contribution in [-0.4, -0.2) is 33.9 Å². The van der Waals surface area contributed by atoms with Crippen molar-refractivity contribution in [3.63, 3.8) is 0 Å². The van der Waals surface area contributed by atoms with Crippen molar-refractivity contribution in [1.29, 1.82) is 0 Å². The van der Waals surface area contributed by atoms with Crippen molar-refractivity contribution < 1.29 is 4.79 Å². The highest BCUT2D eigenvalue weighted by Gasteiger charge is 2.04. The summed E-state index contributed by atoms with van der Waals surface area (Å²) in [5, 5.41) is 9.31. The van der Waals surface area contributed by atoms with E-state index in [2.05, 4.69) is 55.2 Å². The van der Waals surface area contributed by atoms with Crippen LogP contribution in [0.1, 0.15) is 34.8 Å². The van der Waals surface area contributed by atoms with Crippen LogP contribution in [0.25, 0.3) is 11.3 Å². The maximum Gasteiger partial charge on any atom is 0.223 e. The van der Waals surface area contributed by atoms with Gasteiger partial charge in [-0.05, 0) is 45.2 Å². The van der Waals surface area contributed by atoms with E-state index < -0.39 is 0 Å². The van der Waals surface area contributed by atoms with Gasteiger partial charge in [0.15, 0.2) is 0 Å². The SMILES string of the molecule is Cc1cc(C)nc(NCCCC(=O)NCCc2ccc(-c3csc(C)n3)cc2)n1. The van der Waals surface area contributed by atoms with Gasteiger partial charge in [-0.1, -0.05) is 24.3 Å². The largest absolute Gasteiger partial charge is 0.356 e. The average Bonchev–Trinajstić information content (AvgIpc) is 3.11. The lowest BCUT2D eigenvalue weighted by molar-refractivity contribution is -0.121. The molecule has 3 aromatic rings. The maximum atomic E-state index is 12.0. The third kappa shape index (κ3) is 6.64. The van der Waals surface area contributed by atoms with Gasteiger partial charge in [0.1, 0.15) is 0 Å². The molecule has 29 heavy (non-hydrogen) atoms. The Morgan fingerprint density at radius 3 is 2.38 bits per heavy atom. The summed E-state index contributed by atoms with van der Waals surface area (Å²) in [5.74, 6) is 0.696. The molecular formula is C22H27N5OS. The summed E-state index contributed by atoms with van der Waals surface area (Å²) >= 11 is 1.66. The number of aryl methyl sites for hydroxylation is 3. The first kappa shape index (κ1) is 20.9. The minimum atomic E-state index is 0.0720. The lowest BCUT2D eigenvalue weighted by atomic mass is 10.1. The predicted octanol–water partition coefficient (Wildman–Crippen LogP) is 4.08. The number of thiazole rings is 1. The van der Waals surface area contributed by atoms with Crippen LogP contribution in [0, 0.1) is 20.8 Å². The van der Waals surface area contributed by atoms with Gasteiger partial charge in [-0.25, -0.2) is 15.0 Å². The molecule has 0 bridgehead atoms. The van der Waals surface area contributed by atoms with E-state index in [0.29, 0.717) is 25.5 Å². The van der Waals surface area contributed by atoms with E-state index in [-0.39, 0.29) is 5.91 Å². The number of amides is 1. The van der Waals surface area contributed by atoms with Crippen LogP contribution in [0.4, 0.5) is 5.95 Å². The summed E-state index contributed by atoms with van der Waals surface area (Å²) in [6.07, 6.45) is 2.04. The third-order valence-corrected chi connectivity index (χ3v) is 5.22. The Labute approximate surface area is 175 Å². The summed E-state index contributed by atoms with van der Waals surface area (Å²) in [4.78, 5) is 25.2. The van der Waals surface area contributed by atoms with Crippen molar-refractivity contribution in [2.45, 2.75) is 40.0 Å². The molecule has 0 radical (unpaired) electrons. The Kier molecular flexibility index (Phi) is 7.30. The van der Waals surface area contributed by atoms with Crippen molar-refractivity contribution in [2.75, 3.05) is 18.4 Å². The van der Waals surface area contributed by atoms with Crippen molar-refractivity contribution in [3.05, 3.63) is 57.7 Å². The van der Waals surface area contributed by atoms with Gasteiger partial charge in [-0.2, -0.15) is 0 Å². The van der Waals surface area contributed by atoms with Crippen molar-refractivity contribution in [3.8, 4) is 11.3 Å². The molecule has 2 N–H and O–H groups in total. The molecule has 0 spiro atoms. The molecule has 0 aliphatic carbocycles. The Morgan fingerprint density at radius 1 is 1.00 bits per heavy atom. The van der Waals surface area contributed by atoms with Crippen molar-refractivity contribution in [1.82, 2.24) is 20.3 Å². The van der Waals surface area contributed by atoms with Gasteiger partial charge >= 0.3 is 0 Å². The molecule has 1 amide bonds. The summed E-state index contributed by atoms with van der Waals surface area (Å²) in [5.41, 5.74) is 5.23. The number of anilines is 1. The predicted molar refractivity (Wildman–Crippen MR) is 118 cm³/mol. The number of aromatic nitrogens is 3. The quantitative estimate of drug-likeness (QED) is 0.521. The number of carbonyl (C=O) groups excluding carboxylic acids is 1. The smallest absolute Gasteiger partial charge is 0.223 e. The Balaban J connectivity index is 1.33. The number of benzene rings is 1. The zero-order valence-electron chi connectivity index (χ0n) is 17.2. The third-order valence-electron chi connectivity index (χ3n) is 4.45. The fourth-order valence-corrected chi connectivity index (χ4v) is 3.65. The van der Waals surface area contributed by atoms with Crippen LogP contribution >= 0.6 is 11.3 Å². The second-order valence-electron chi connectivity index (χ2n) is 7.05. The maximum absolute atomic E-state index is 12.0. The van der Waals surface area contributed by atoms with E-state index >= 15 is 0 Å². The molecule has 6 nitrogen and oxygen atoms in total. The van der Waals surface area contributed by atoms with E-state index in [4.69, 9.17) is 0 Å². The van der Waals surface area contributed by atoms with Crippen molar-refractivity contribution >= 4 is 23.2 Å². The van der Waals surface area contributed by atoms with E-state index in [1.807, 2.05) is 26.8 Å². The highest BCUT2D eigenvalue weighted by molar-refractivity contribution is 7.09. The highest BCUT2D eigenvalue weighted by Crippen LogP contribution is 2.21. The number of hydrogen-bond acceptors (Lipinski definition) is 6. The fourth-order valence-electron chi connectivity index (χ4n) is 3.03. The van der Waals surface area contributed by atoms with E-state index in [0.717, 1.165) is 40.5 Å². The Morgan fingerprint density at radius 2 is 1.72 bits per heavy atom. The topological polar surface area (TPSA) is 79.8 Å².